The van der Waals surface area contributed by atoms with Gasteiger partial charge in [0.05, 0.1) is 5.69 Å². The molecule has 2 heterocycles. The molecule has 4 rings (SSSR count). The van der Waals surface area contributed by atoms with E-state index in [0.29, 0.717) is 12.2 Å². The van der Waals surface area contributed by atoms with Gasteiger partial charge in [0.15, 0.2) is 5.69 Å². The van der Waals surface area contributed by atoms with E-state index in [1.54, 1.807) is 0 Å². The Balaban J connectivity index is 1.91. The number of pyridine rings is 1. The van der Waals surface area contributed by atoms with Crippen LogP contribution in [0.1, 0.15) is 37.6 Å². The maximum atomic E-state index is 2.40. The number of hydrogen-bond donors (Lipinski definition) is 0. The molecule has 28 heavy (non-hydrogen) atoms. The van der Waals surface area contributed by atoms with Crippen LogP contribution in [0.5, 0.6) is 0 Å². The molecule has 0 saturated carbocycles. The van der Waals surface area contributed by atoms with E-state index in [-0.39, 0.29) is 0 Å². The monoisotopic (exact) mass is 372 g/mol. The largest absolute Gasteiger partial charge is 0.353 e. The van der Waals surface area contributed by atoms with Crippen LogP contribution in [0.25, 0.3) is 16.6 Å². The predicted octanol–water partition coefficient (Wildman–Crippen LogP) is 5.39. The van der Waals surface area contributed by atoms with E-state index in [4.69, 9.17) is 0 Å². The molecule has 1 aromatic heterocycles. The Labute approximate surface area is 168 Å². The van der Waals surface area contributed by atoms with Gasteiger partial charge in [-0.05, 0) is 58.4 Å². The molecule has 0 spiro atoms. The predicted molar refractivity (Wildman–Crippen MR) is 118 cm³/mol. The van der Waals surface area contributed by atoms with Crippen LogP contribution in [-0.4, -0.2) is 17.1 Å². The first-order valence-corrected chi connectivity index (χ1v) is 10.1. The average molecular weight is 373 g/mol. The number of benzene rings is 2. The van der Waals surface area contributed by atoms with Gasteiger partial charge in [-0.15, -0.1) is 0 Å². The van der Waals surface area contributed by atoms with Gasteiger partial charge in [0, 0.05) is 54.5 Å². The van der Waals surface area contributed by atoms with Gasteiger partial charge in [0.1, 0.15) is 6.17 Å². The number of anilines is 1. The topological polar surface area (TPSA) is 10.4 Å². The minimum Gasteiger partial charge on any atom is -0.353 e. The highest BCUT2D eigenvalue weighted by molar-refractivity contribution is 5.76. The lowest BCUT2D eigenvalue weighted by atomic mass is 10.0. The maximum Gasteiger partial charge on any atom is 0.218 e. The van der Waals surface area contributed by atoms with Gasteiger partial charge in [-0.2, -0.15) is 4.57 Å². The zero-order valence-corrected chi connectivity index (χ0v) is 17.8. The van der Waals surface area contributed by atoms with Crippen LogP contribution in [0, 0.1) is 20.8 Å². The average Bonchev–Trinajstić information content (AvgIpc) is 3.05. The summed E-state index contributed by atoms with van der Waals surface area (Å²) in [6.45, 7) is 13.4. The number of fused-ring (bicyclic) bond motifs is 1. The lowest BCUT2D eigenvalue weighted by Crippen LogP contribution is -2.41. The Morgan fingerprint density at radius 3 is 2.39 bits per heavy atom. The fraction of sp³-hybridized carbons (Fsp3) is 0.320. The molecular formula is C25H30N3+. The summed E-state index contributed by atoms with van der Waals surface area (Å²) in [6, 6.07) is 18.1. The standard InChI is InChI=1S/C25H30N3/c1-17(2)26-13-14-27(21(26)6)24-15-18(3)16-25(20(24)5)28-19(4)11-12-22-9-7-8-10-23(22)28/h7-17,21H,1-6H3/q+1/t21-/m1/s1. The fourth-order valence-corrected chi connectivity index (χ4v) is 4.37. The van der Waals surface area contributed by atoms with E-state index >= 15 is 0 Å². The van der Waals surface area contributed by atoms with Crippen molar-refractivity contribution in [1.82, 2.24) is 4.90 Å². The number of aryl methyl sites for hydroxylation is 2. The van der Waals surface area contributed by atoms with Gasteiger partial charge in [-0.1, -0.05) is 12.1 Å². The van der Waals surface area contributed by atoms with Crippen molar-refractivity contribution in [3.05, 3.63) is 77.8 Å². The third-order valence-electron chi connectivity index (χ3n) is 5.88. The molecule has 1 atom stereocenters. The smallest absolute Gasteiger partial charge is 0.218 e. The second kappa shape index (κ2) is 6.97. The van der Waals surface area contributed by atoms with Crippen LogP contribution < -0.4 is 9.47 Å². The van der Waals surface area contributed by atoms with Crippen LogP contribution in [0.15, 0.2) is 60.9 Å². The molecular weight excluding hydrogens is 342 g/mol. The lowest BCUT2D eigenvalue weighted by Gasteiger charge is -2.33. The molecule has 3 heteroatoms. The first kappa shape index (κ1) is 18.5. The highest BCUT2D eigenvalue weighted by Crippen LogP contribution is 2.32. The van der Waals surface area contributed by atoms with Gasteiger partial charge >= 0.3 is 0 Å². The molecule has 1 aliphatic rings. The summed E-state index contributed by atoms with van der Waals surface area (Å²) >= 11 is 0. The van der Waals surface area contributed by atoms with Gasteiger partial charge in [-0.3, -0.25) is 0 Å². The number of rotatable bonds is 3. The highest BCUT2D eigenvalue weighted by atomic mass is 15.4. The van der Waals surface area contributed by atoms with Crippen LogP contribution in [0.2, 0.25) is 0 Å². The van der Waals surface area contributed by atoms with E-state index < -0.39 is 0 Å². The van der Waals surface area contributed by atoms with Crippen molar-refractivity contribution in [3.63, 3.8) is 0 Å². The van der Waals surface area contributed by atoms with Crippen molar-refractivity contribution in [2.24, 2.45) is 0 Å². The molecule has 3 aromatic rings. The van der Waals surface area contributed by atoms with Gasteiger partial charge in [0.2, 0.25) is 11.2 Å². The van der Waals surface area contributed by atoms with Crippen molar-refractivity contribution in [1.29, 1.82) is 0 Å². The van der Waals surface area contributed by atoms with Crippen molar-refractivity contribution in [2.75, 3.05) is 4.90 Å². The fourth-order valence-electron chi connectivity index (χ4n) is 4.37. The molecule has 3 nitrogen and oxygen atoms in total. The normalized spacial score (nSPS) is 16.6. The summed E-state index contributed by atoms with van der Waals surface area (Å²) in [5, 5.41) is 1.26. The van der Waals surface area contributed by atoms with Crippen molar-refractivity contribution < 1.29 is 4.57 Å². The summed E-state index contributed by atoms with van der Waals surface area (Å²) in [6.07, 6.45) is 4.75. The molecule has 2 aromatic carbocycles. The molecule has 0 fully saturated rings. The summed E-state index contributed by atoms with van der Waals surface area (Å²) in [7, 11) is 0. The molecule has 0 radical (unpaired) electrons. The molecule has 0 aliphatic carbocycles. The minimum absolute atomic E-state index is 0.312. The van der Waals surface area contributed by atoms with Crippen LogP contribution in [0.3, 0.4) is 0 Å². The van der Waals surface area contributed by atoms with Crippen molar-refractivity contribution >= 4 is 16.6 Å². The SMILES string of the molecule is Cc1cc(N2C=CN(C(C)C)[C@H]2C)c(C)c(-[n+]2c(C)ccc3ccccc32)c1. The molecule has 144 valence electrons. The second-order valence-electron chi connectivity index (χ2n) is 8.18. The zero-order chi connectivity index (χ0) is 20.0. The molecule has 0 unspecified atom stereocenters. The van der Waals surface area contributed by atoms with Gasteiger partial charge in [0.25, 0.3) is 0 Å². The molecule has 1 aliphatic heterocycles. The second-order valence-corrected chi connectivity index (χ2v) is 8.18. The Bertz CT molecular complexity index is 1060. The molecule has 0 saturated heterocycles. The Morgan fingerprint density at radius 1 is 0.929 bits per heavy atom. The molecule has 0 bridgehead atoms. The van der Waals surface area contributed by atoms with Crippen LogP contribution >= 0.6 is 0 Å². The number of hydrogen-bond acceptors (Lipinski definition) is 2. The number of aromatic nitrogens is 1. The van der Waals surface area contributed by atoms with E-state index in [2.05, 4.69) is 117 Å². The van der Waals surface area contributed by atoms with Gasteiger partial charge < -0.3 is 9.80 Å². The van der Waals surface area contributed by atoms with Crippen LogP contribution in [-0.2, 0) is 0 Å². The highest BCUT2D eigenvalue weighted by Gasteiger charge is 2.29. The summed E-state index contributed by atoms with van der Waals surface area (Å²) in [5.41, 5.74) is 7.61. The first-order valence-electron chi connectivity index (χ1n) is 10.1. The van der Waals surface area contributed by atoms with E-state index in [9.17, 15) is 0 Å². The quantitative estimate of drug-likeness (QED) is 0.571. The Morgan fingerprint density at radius 2 is 1.68 bits per heavy atom. The number of para-hydroxylation sites is 1. The summed E-state index contributed by atoms with van der Waals surface area (Å²) < 4.78 is 2.39. The van der Waals surface area contributed by atoms with E-state index in [1.807, 2.05) is 0 Å². The molecule has 0 N–H and O–H groups in total. The molecule has 0 amide bonds. The third kappa shape index (κ3) is 2.95. The Hall–Kier alpha value is -2.81. The van der Waals surface area contributed by atoms with Crippen molar-refractivity contribution in [2.45, 2.75) is 53.8 Å². The van der Waals surface area contributed by atoms with E-state index in [1.165, 1.54) is 39.1 Å². The third-order valence-corrected chi connectivity index (χ3v) is 5.88. The van der Waals surface area contributed by atoms with Crippen molar-refractivity contribution in [3.8, 4) is 5.69 Å². The van der Waals surface area contributed by atoms with Gasteiger partial charge in [-0.25, -0.2) is 0 Å². The summed E-state index contributed by atoms with van der Waals surface area (Å²) in [4.78, 5) is 4.80. The maximum absolute atomic E-state index is 2.40. The van der Waals surface area contributed by atoms with E-state index in [0.717, 1.165) is 0 Å². The number of nitrogens with zero attached hydrogens (tertiary/aromatic N) is 3. The first-order chi connectivity index (χ1) is 13.4. The minimum atomic E-state index is 0.312. The van der Waals surface area contributed by atoms with Crippen LogP contribution in [0.4, 0.5) is 5.69 Å². The zero-order valence-electron chi connectivity index (χ0n) is 17.8. The Kier molecular flexibility index (Phi) is 4.62. The summed E-state index contributed by atoms with van der Waals surface area (Å²) in [5.74, 6) is 0. The lowest BCUT2D eigenvalue weighted by molar-refractivity contribution is -0.574.